The molecule has 8 heteroatoms. The minimum Gasteiger partial charge on any atom is -0.323 e. The molecule has 1 N–H and O–H groups in total. The van der Waals surface area contributed by atoms with E-state index >= 15 is 0 Å². The van der Waals surface area contributed by atoms with Gasteiger partial charge in [0.05, 0.1) is 12.0 Å². The molecule has 132 valence electrons. The summed E-state index contributed by atoms with van der Waals surface area (Å²) in [4.78, 5) is 16.6. The number of anilines is 1. The van der Waals surface area contributed by atoms with Gasteiger partial charge in [-0.25, -0.2) is 12.8 Å². The van der Waals surface area contributed by atoms with Crippen molar-refractivity contribution in [2.75, 3.05) is 19.5 Å². The minimum atomic E-state index is -3.74. The molecular weight excluding hydrogens is 347 g/mol. The Morgan fingerprint density at radius 2 is 1.88 bits per heavy atom. The highest BCUT2D eigenvalue weighted by Crippen LogP contribution is 2.17. The Hall–Kier alpha value is -2.55. The van der Waals surface area contributed by atoms with Crippen molar-refractivity contribution < 1.29 is 22.4 Å². The fourth-order valence-corrected chi connectivity index (χ4v) is 2.90. The summed E-state index contributed by atoms with van der Waals surface area (Å²) in [7, 11) is -1.21. The summed E-state index contributed by atoms with van der Waals surface area (Å²) in [5.41, 5.74) is 0.979. The molecule has 1 amide bonds. The lowest BCUT2D eigenvalue weighted by atomic mass is 10.2. The van der Waals surface area contributed by atoms with Crippen molar-refractivity contribution in [1.82, 2.24) is 4.47 Å². The largest absolute Gasteiger partial charge is 0.323 e. The Labute approximate surface area is 145 Å². The van der Waals surface area contributed by atoms with Crippen LogP contribution in [0.15, 0.2) is 59.5 Å². The van der Waals surface area contributed by atoms with Crippen LogP contribution in [0.4, 0.5) is 10.1 Å². The molecule has 2 aromatic rings. The number of rotatable bonds is 6. The molecule has 0 fully saturated rings. The van der Waals surface area contributed by atoms with Crippen LogP contribution in [0, 0.1) is 5.82 Å². The van der Waals surface area contributed by atoms with Gasteiger partial charge in [-0.3, -0.25) is 9.63 Å². The summed E-state index contributed by atoms with van der Waals surface area (Å²) in [5.74, 6) is -0.811. The number of nitrogens with zero attached hydrogens (tertiary/aromatic N) is 1. The van der Waals surface area contributed by atoms with Crippen LogP contribution in [-0.2, 0) is 19.7 Å². The molecule has 0 aromatic heterocycles. The quantitative estimate of drug-likeness (QED) is 0.632. The van der Waals surface area contributed by atoms with E-state index in [4.69, 9.17) is 0 Å². The summed E-state index contributed by atoms with van der Waals surface area (Å²) in [6.45, 7) is 0. The van der Waals surface area contributed by atoms with Gasteiger partial charge >= 0.3 is 0 Å². The lowest BCUT2D eigenvalue weighted by molar-refractivity contribution is -0.111. The van der Waals surface area contributed by atoms with Crippen molar-refractivity contribution in [3.63, 3.8) is 0 Å². The first-order chi connectivity index (χ1) is 11.8. The number of nitrogens with one attached hydrogen (secondary N) is 1. The number of amides is 1. The van der Waals surface area contributed by atoms with E-state index in [0.717, 1.165) is 4.47 Å². The summed E-state index contributed by atoms with van der Waals surface area (Å²) < 4.78 is 37.9. The fourth-order valence-electron chi connectivity index (χ4n) is 1.92. The van der Waals surface area contributed by atoms with Crippen molar-refractivity contribution in [3.05, 3.63) is 66.0 Å². The van der Waals surface area contributed by atoms with Gasteiger partial charge in [-0.1, -0.05) is 16.6 Å². The summed E-state index contributed by atoms with van der Waals surface area (Å²) in [5, 5.41) is 2.59. The van der Waals surface area contributed by atoms with Crippen LogP contribution in [0.25, 0.3) is 6.08 Å². The lowest BCUT2D eigenvalue weighted by Crippen LogP contribution is -2.25. The lowest BCUT2D eigenvalue weighted by Gasteiger charge is -2.14. The maximum atomic E-state index is 13.1. The first kappa shape index (κ1) is 18.8. The van der Waals surface area contributed by atoms with Crippen LogP contribution in [-0.4, -0.2) is 33.0 Å². The molecule has 0 spiro atoms. The molecule has 2 aromatic carbocycles. The minimum absolute atomic E-state index is 0.0325. The van der Waals surface area contributed by atoms with Gasteiger partial charge in [-0.05, 0) is 48.0 Å². The first-order valence-corrected chi connectivity index (χ1v) is 8.64. The zero-order valence-electron chi connectivity index (χ0n) is 13.6. The molecule has 0 unspecified atom stereocenters. The number of carbonyl (C=O) groups is 1. The Morgan fingerprint density at radius 3 is 2.48 bits per heavy atom. The smallest absolute Gasteiger partial charge is 0.264 e. The maximum Gasteiger partial charge on any atom is 0.264 e. The summed E-state index contributed by atoms with van der Waals surface area (Å²) >= 11 is 0. The Balaban J connectivity index is 2.05. The number of hydrogen-bond acceptors (Lipinski definition) is 4. The molecule has 0 aliphatic rings. The Kier molecular flexibility index (Phi) is 6.02. The van der Waals surface area contributed by atoms with Crippen molar-refractivity contribution in [1.29, 1.82) is 0 Å². The molecule has 0 radical (unpaired) electrons. The molecule has 0 bridgehead atoms. The monoisotopic (exact) mass is 364 g/mol. The molecule has 6 nitrogen and oxygen atoms in total. The van der Waals surface area contributed by atoms with Crippen LogP contribution >= 0.6 is 0 Å². The van der Waals surface area contributed by atoms with Gasteiger partial charge in [0.1, 0.15) is 5.82 Å². The van der Waals surface area contributed by atoms with E-state index in [0.29, 0.717) is 11.3 Å². The van der Waals surface area contributed by atoms with E-state index in [9.17, 15) is 17.6 Å². The molecule has 25 heavy (non-hydrogen) atoms. The molecule has 2 rings (SSSR count). The standard InChI is InChI=1S/C17H17FN2O4S/c1-20(24-2)25(22,23)16-9-7-15(8-10-16)19-17(21)11-6-13-4-3-5-14(18)12-13/h3-12H,1-2H3,(H,19,21). The van der Waals surface area contributed by atoms with Gasteiger partial charge < -0.3 is 5.32 Å². The van der Waals surface area contributed by atoms with Crippen LogP contribution in [0.5, 0.6) is 0 Å². The normalized spacial score (nSPS) is 11.8. The Morgan fingerprint density at radius 1 is 1.20 bits per heavy atom. The predicted molar refractivity (Wildman–Crippen MR) is 92.5 cm³/mol. The van der Waals surface area contributed by atoms with E-state index in [1.165, 1.54) is 62.7 Å². The highest BCUT2D eigenvalue weighted by Gasteiger charge is 2.20. The third-order valence-corrected chi connectivity index (χ3v) is 4.99. The number of hydroxylamine groups is 1. The van der Waals surface area contributed by atoms with Gasteiger partial charge in [0.25, 0.3) is 10.0 Å². The molecule has 0 aliphatic carbocycles. The second kappa shape index (κ2) is 8.02. The molecular formula is C17H17FN2O4S. The second-order valence-corrected chi connectivity index (χ2v) is 6.94. The van der Waals surface area contributed by atoms with Crippen LogP contribution in [0.1, 0.15) is 5.56 Å². The van der Waals surface area contributed by atoms with Gasteiger partial charge in [0, 0.05) is 18.8 Å². The van der Waals surface area contributed by atoms with Crippen molar-refractivity contribution >= 4 is 27.7 Å². The molecule has 0 saturated carbocycles. The molecule has 0 atom stereocenters. The third-order valence-electron chi connectivity index (χ3n) is 3.29. The SMILES string of the molecule is CON(C)S(=O)(=O)c1ccc(NC(=O)C=Cc2cccc(F)c2)cc1. The molecule has 0 saturated heterocycles. The molecule has 0 aliphatic heterocycles. The van der Waals surface area contributed by atoms with Gasteiger partial charge in [-0.15, -0.1) is 0 Å². The number of sulfonamides is 1. The zero-order valence-corrected chi connectivity index (χ0v) is 14.5. The average Bonchev–Trinajstić information content (AvgIpc) is 2.59. The van der Waals surface area contributed by atoms with Gasteiger partial charge in [0.15, 0.2) is 0 Å². The summed E-state index contributed by atoms with van der Waals surface area (Å²) in [6, 6.07) is 11.5. The number of carbonyl (C=O) groups excluding carboxylic acids is 1. The maximum absolute atomic E-state index is 13.1. The highest BCUT2D eigenvalue weighted by atomic mass is 32.2. The first-order valence-electron chi connectivity index (χ1n) is 7.20. The van der Waals surface area contributed by atoms with E-state index in [-0.39, 0.29) is 10.7 Å². The molecule has 0 heterocycles. The van der Waals surface area contributed by atoms with E-state index in [2.05, 4.69) is 10.2 Å². The van der Waals surface area contributed by atoms with Crippen molar-refractivity contribution in [2.45, 2.75) is 4.90 Å². The van der Waals surface area contributed by atoms with Crippen LogP contribution in [0.2, 0.25) is 0 Å². The van der Waals surface area contributed by atoms with E-state index < -0.39 is 15.9 Å². The van der Waals surface area contributed by atoms with Crippen molar-refractivity contribution in [3.8, 4) is 0 Å². The second-order valence-electron chi connectivity index (χ2n) is 5.00. The fraction of sp³-hybridized carbons (Fsp3) is 0.118. The number of halogens is 1. The number of hydrogen-bond donors (Lipinski definition) is 1. The third kappa shape index (κ3) is 4.96. The van der Waals surface area contributed by atoms with Crippen molar-refractivity contribution in [2.24, 2.45) is 0 Å². The predicted octanol–water partition coefficient (Wildman–Crippen LogP) is 2.66. The number of benzene rings is 2. The summed E-state index contributed by atoms with van der Waals surface area (Å²) in [6.07, 6.45) is 2.74. The van der Waals surface area contributed by atoms with E-state index in [1.54, 1.807) is 12.1 Å². The topological polar surface area (TPSA) is 75.7 Å². The van der Waals surface area contributed by atoms with E-state index in [1.807, 2.05) is 0 Å². The highest BCUT2D eigenvalue weighted by molar-refractivity contribution is 7.89. The zero-order chi connectivity index (χ0) is 18.4. The van der Waals surface area contributed by atoms with Gasteiger partial charge in [0.2, 0.25) is 5.91 Å². The Bertz CT molecular complexity index is 880. The van der Waals surface area contributed by atoms with Gasteiger partial charge in [-0.2, -0.15) is 0 Å². The van der Waals surface area contributed by atoms with Crippen LogP contribution in [0.3, 0.4) is 0 Å². The van der Waals surface area contributed by atoms with Crippen LogP contribution < -0.4 is 5.32 Å². The average molecular weight is 364 g/mol.